The highest BCUT2D eigenvalue weighted by atomic mass is 14.7. The molecular formula is C27H58N2. The third-order valence-corrected chi connectivity index (χ3v) is 6.99. The molecule has 0 aliphatic rings. The number of nitrogens with two attached hydrogens (primary N) is 2. The van der Waals surface area contributed by atoms with E-state index in [0.717, 1.165) is 13.1 Å². The molecule has 0 aromatic carbocycles. The smallest absolute Gasteiger partial charge is 0.000844 e. The second-order valence-corrected chi connectivity index (χ2v) is 9.77. The van der Waals surface area contributed by atoms with Gasteiger partial charge in [0.1, 0.15) is 0 Å². The van der Waals surface area contributed by atoms with Crippen LogP contribution in [0.25, 0.3) is 0 Å². The van der Waals surface area contributed by atoms with Gasteiger partial charge in [0, 0.05) is 0 Å². The van der Waals surface area contributed by atoms with E-state index in [1.54, 1.807) is 0 Å². The van der Waals surface area contributed by atoms with Gasteiger partial charge in [-0.1, -0.05) is 142 Å². The minimum absolute atomic E-state index is 0.223. The lowest BCUT2D eigenvalue weighted by Gasteiger charge is -2.31. The maximum atomic E-state index is 6.18. The second-order valence-electron chi connectivity index (χ2n) is 9.77. The van der Waals surface area contributed by atoms with Crippen LogP contribution in [0.15, 0.2) is 0 Å². The average Bonchev–Trinajstić information content (AvgIpc) is 2.75. The molecule has 0 unspecified atom stereocenters. The predicted octanol–water partition coefficient (Wildman–Crippen LogP) is 8.51. The van der Waals surface area contributed by atoms with E-state index in [1.807, 2.05) is 0 Å². The van der Waals surface area contributed by atoms with Crippen LogP contribution >= 0.6 is 0 Å². The maximum absolute atomic E-state index is 6.18. The molecule has 0 amide bonds. The Bertz CT molecular complexity index is 273. The zero-order chi connectivity index (χ0) is 21.5. The molecule has 0 aromatic heterocycles. The predicted molar refractivity (Wildman–Crippen MR) is 133 cm³/mol. The van der Waals surface area contributed by atoms with E-state index in [-0.39, 0.29) is 5.41 Å². The van der Waals surface area contributed by atoms with Crippen molar-refractivity contribution in [2.45, 2.75) is 155 Å². The summed E-state index contributed by atoms with van der Waals surface area (Å²) in [6.07, 6.45) is 30.5. The van der Waals surface area contributed by atoms with Crippen LogP contribution in [0.4, 0.5) is 0 Å². The Morgan fingerprint density at radius 1 is 0.379 bits per heavy atom. The molecule has 0 radical (unpaired) electrons. The summed E-state index contributed by atoms with van der Waals surface area (Å²) < 4.78 is 0. The summed E-state index contributed by atoms with van der Waals surface area (Å²) in [6.45, 7) is 6.13. The molecule has 0 heterocycles. The maximum Gasteiger partial charge on any atom is -0.000844 e. The Morgan fingerprint density at radius 2 is 0.621 bits per heavy atom. The highest BCUT2D eigenvalue weighted by Gasteiger charge is 2.25. The highest BCUT2D eigenvalue weighted by molar-refractivity contribution is 4.81. The molecule has 2 nitrogen and oxygen atoms in total. The van der Waals surface area contributed by atoms with Crippen molar-refractivity contribution in [2.75, 3.05) is 13.1 Å². The van der Waals surface area contributed by atoms with Gasteiger partial charge in [0.25, 0.3) is 0 Å². The molecule has 0 bridgehead atoms. The van der Waals surface area contributed by atoms with Gasteiger partial charge in [-0.2, -0.15) is 0 Å². The molecule has 2 heteroatoms. The average molecular weight is 411 g/mol. The Hall–Kier alpha value is -0.0800. The standard InChI is InChI=1S/C27H58N2/c1-3-5-7-9-11-13-15-17-19-21-23-27(25-28,26-29)24-22-20-18-16-14-12-10-8-6-4-2/h3-26,28-29H2,1-2H3. The normalized spacial score (nSPS) is 12.0. The number of rotatable bonds is 24. The molecule has 0 saturated carbocycles. The molecule has 0 aromatic rings. The third kappa shape index (κ3) is 18.4. The van der Waals surface area contributed by atoms with Crippen LogP contribution < -0.4 is 11.5 Å². The summed E-state index contributed by atoms with van der Waals surface area (Å²) >= 11 is 0. The second kappa shape index (κ2) is 22.6. The Labute approximate surface area is 185 Å². The number of hydrogen-bond donors (Lipinski definition) is 2. The molecular weight excluding hydrogens is 352 g/mol. The van der Waals surface area contributed by atoms with E-state index in [0.29, 0.717) is 0 Å². The van der Waals surface area contributed by atoms with Gasteiger partial charge in [0.05, 0.1) is 0 Å². The van der Waals surface area contributed by atoms with Crippen LogP contribution in [0.3, 0.4) is 0 Å². The van der Waals surface area contributed by atoms with E-state index in [4.69, 9.17) is 11.5 Å². The van der Waals surface area contributed by atoms with Crippen molar-refractivity contribution in [3.8, 4) is 0 Å². The summed E-state index contributed by atoms with van der Waals surface area (Å²) in [4.78, 5) is 0. The first kappa shape index (κ1) is 28.9. The van der Waals surface area contributed by atoms with Crippen LogP contribution in [0.5, 0.6) is 0 Å². The molecule has 0 atom stereocenters. The monoisotopic (exact) mass is 410 g/mol. The van der Waals surface area contributed by atoms with Crippen molar-refractivity contribution in [1.29, 1.82) is 0 Å². The van der Waals surface area contributed by atoms with E-state index >= 15 is 0 Å². The van der Waals surface area contributed by atoms with Gasteiger partial charge in [-0.3, -0.25) is 0 Å². The quantitative estimate of drug-likeness (QED) is 0.157. The van der Waals surface area contributed by atoms with Crippen LogP contribution in [0.2, 0.25) is 0 Å². The van der Waals surface area contributed by atoms with Crippen molar-refractivity contribution >= 4 is 0 Å². The summed E-state index contributed by atoms with van der Waals surface area (Å²) in [6, 6.07) is 0. The van der Waals surface area contributed by atoms with Gasteiger partial charge < -0.3 is 11.5 Å². The van der Waals surface area contributed by atoms with Crippen LogP contribution in [-0.4, -0.2) is 13.1 Å². The Balaban J connectivity index is 3.64. The number of unbranched alkanes of at least 4 members (excludes halogenated alkanes) is 18. The van der Waals surface area contributed by atoms with Gasteiger partial charge in [0.15, 0.2) is 0 Å². The van der Waals surface area contributed by atoms with Gasteiger partial charge >= 0.3 is 0 Å². The van der Waals surface area contributed by atoms with Crippen molar-refractivity contribution < 1.29 is 0 Å². The Kier molecular flexibility index (Phi) is 22.5. The van der Waals surface area contributed by atoms with Gasteiger partial charge in [0.2, 0.25) is 0 Å². The third-order valence-electron chi connectivity index (χ3n) is 6.99. The SMILES string of the molecule is CCCCCCCCCCCCC(CN)(CN)CCCCCCCCCCCC. The van der Waals surface area contributed by atoms with Crippen molar-refractivity contribution in [3.63, 3.8) is 0 Å². The summed E-state index contributed by atoms with van der Waals surface area (Å²) in [5.41, 5.74) is 12.6. The van der Waals surface area contributed by atoms with E-state index in [2.05, 4.69) is 13.8 Å². The molecule has 29 heavy (non-hydrogen) atoms. The van der Waals surface area contributed by atoms with Crippen molar-refractivity contribution in [3.05, 3.63) is 0 Å². The minimum Gasteiger partial charge on any atom is -0.330 e. The number of hydrogen-bond acceptors (Lipinski definition) is 2. The van der Waals surface area contributed by atoms with Gasteiger partial charge in [-0.05, 0) is 31.3 Å². The molecule has 0 spiro atoms. The molecule has 0 aliphatic carbocycles. The van der Waals surface area contributed by atoms with E-state index in [1.165, 1.54) is 141 Å². The fourth-order valence-corrected chi connectivity index (χ4v) is 4.59. The fraction of sp³-hybridized carbons (Fsp3) is 1.00. The first-order chi connectivity index (χ1) is 14.2. The first-order valence-corrected chi connectivity index (χ1v) is 13.6. The van der Waals surface area contributed by atoms with Crippen molar-refractivity contribution in [2.24, 2.45) is 16.9 Å². The van der Waals surface area contributed by atoms with E-state index < -0.39 is 0 Å². The molecule has 176 valence electrons. The van der Waals surface area contributed by atoms with Crippen LogP contribution in [-0.2, 0) is 0 Å². The van der Waals surface area contributed by atoms with Crippen LogP contribution in [0, 0.1) is 5.41 Å². The molecule has 0 saturated heterocycles. The summed E-state index contributed by atoms with van der Waals surface area (Å²) in [5, 5.41) is 0. The largest absolute Gasteiger partial charge is 0.330 e. The topological polar surface area (TPSA) is 52.0 Å². The van der Waals surface area contributed by atoms with E-state index in [9.17, 15) is 0 Å². The lowest BCUT2D eigenvalue weighted by Crippen LogP contribution is -2.38. The van der Waals surface area contributed by atoms with Crippen molar-refractivity contribution in [1.82, 2.24) is 0 Å². The molecule has 4 N–H and O–H groups in total. The lowest BCUT2D eigenvalue weighted by molar-refractivity contribution is 0.241. The van der Waals surface area contributed by atoms with Gasteiger partial charge in [-0.25, -0.2) is 0 Å². The summed E-state index contributed by atoms with van der Waals surface area (Å²) in [5.74, 6) is 0. The summed E-state index contributed by atoms with van der Waals surface area (Å²) in [7, 11) is 0. The minimum atomic E-state index is 0.223. The first-order valence-electron chi connectivity index (χ1n) is 13.6. The fourth-order valence-electron chi connectivity index (χ4n) is 4.59. The van der Waals surface area contributed by atoms with Crippen LogP contribution in [0.1, 0.15) is 155 Å². The lowest BCUT2D eigenvalue weighted by atomic mass is 9.78. The zero-order valence-corrected chi connectivity index (χ0v) is 20.6. The molecule has 0 fully saturated rings. The molecule has 0 rings (SSSR count). The zero-order valence-electron chi connectivity index (χ0n) is 20.6. The van der Waals surface area contributed by atoms with Gasteiger partial charge in [-0.15, -0.1) is 0 Å². The highest BCUT2D eigenvalue weighted by Crippen LogP contribution is 2.30. The molecule has 0 aliphatic heterocycles. The Morgan fingerprint density at radius 3 is 0.862 bits per heavy atom.